The molecule has 0 bridgehead atoms. The van der Waals surface area contributed by atoms with E-state index in [0.717, 1.165) is 26.3 Å². The summed E-state index contributed by atoms with van der Waals surface area (Å²) in [6, 6.07) is 1.85. The molecule has 2 heterocycles. The third-order valence-corrected chi connectivity index (χ3v) is 4.42. The number of nitrogens with one attached hydrogen (secondary N) is 1. The Labute approximate surface area is 128 Å². The van der Waals surface area contributed by atoms with Gasteiger partial charge in [-0.25, -0.2) is 0 Å². The maximum Gasteiger partial charge on any atom is 0.268 e. The van der Waals surface area contributed by atoms with Gasteiger partial charge in [0, 0.05) is 32.7 Å². The maximum absolute atomic E-state index is 12.1. The van der Waals surface area contributed by atoms with Crippen LogP contribution in [0.3, 0.4) is 0 Å². The van der Waals surface area contributed by atoms with Gasteiger partial charge in [0.2, 0.25) is 0 Å². The summed E-state index contributed by atoms with van der Waals surface area (Å²) in [4.78, 5) is 14.4. The Bertz CT molecular complexity index is 484. The Morgan fingerprint density at radius 1 is 1.45 bits per heavy atom. The summed E-state index contributed by atoms with van der Waals surface area (Å²) >= 11 is 11.9. The van der Waals surface area contributed by atoms with Crippen LogP contribution in [-0.2, 0) is 11.8 Å². The monoisotopic (exact) mass is 319 g/mol. The van der Waals surface area contributed by atoms with Gasteiger partial charge >= 0.3 is 0 Å². The van der Waals surface area contributed by atoms with Crippen LogP contribution < -0.4 is 5.32 Å². The molecule has 0 saturated carbocycles. The van der Waals surface area contributed by atoms with E-state index in [2.05, 4.69) is 17.1 Å². The van der Waals surface area contributed by atoms with Crippen molar-refractivity contribution in [1.82, 2.24) is 14.8 Å². The van der Waals surface area contributed by atoms with E-state index in [4.69, 9.17) is 27.9 Å². The van der Waals surface area contributed by atoms with Gasteiger partial charge in [0.1, 0.15) is 10.8 Å². The van der Waals surface area contributed by atoms with Crippen molar-refractivity contribution in [2.24, 2.45) is 7.05 Å². The van der Waals surface area contributed by atoms with Crippen molar-refractivity contribution in [2.45, 2.75) is 13.0 Å². The molecule has 0 aliphatic carbocycles. The Kier molecular flexibility index (Phi) is 5.32. The summed E-state index contributed by atoms with van der Waals surface area (Å²) in [6.07, 6.45) is 0. The van der Waals surface area contributed by atoms with Crippen LogP contribution in [0.4, 0.5) is 0 Å². The zero-order valence-corrected chi connectivity index (χ0v) is 13.2. The first-order valence-corrected chi connectivity index (χ1v) is 7.37. The number of carbonyl (C=O) groups excluding carboxylic acids is 1. The van der Waals surface area contributed by atoms with Gasteiger partial charge in [0.25, 0.3) is 5.91 Å². The predicted molar refractivity (Wildman–Crippen MR) is 79.6 cm³/mol. The van der Waals surface area contributed by atoms with Gasteiger partial charge in [-0.05, 0) is 13.0 Å². The number of amides is 1. The lowest BCUT2D eigenvalue weighted by molar-refractivity contribution is 0.0204. The first-order valence-electron chi connectivity index (χ1n) is 6.61. The molecule has 1 amide bonds. The number of hydrogen-bond donors (Lipinski definition) is 1. The molecule has 2 rings (SSSR count). The third kappa shape index (κ3) is 3.47. The fraction of sp³-hybridized carbons (Fsp3) is 0.615. The molecule has 5 nitrogen and oxygen atoms in total. The van der Waals surface area contributed by atoms with E-state index in [1.807, 2.05) is 0 Å². The van der Waals surface area contributed by atoms with Gasteiger partial charge in [-0.2, -0.15) is 0 Å². The topological polar surface area (TPSA) is 46.5 Å². The van der Waals surface area contributed by atoms with Crippen molar-refractivity contribution >= 4 is 29.1 Å². The van der Waals surface area contributed by atoms with Crippen molar-refractivity contribution in [3.05, 3.63) is 21.9 Å². The lowest BCUT2D eigenvalue weighted by atomic mass is 10.2. The number of aromatic nitrogens is 1. The fourth-order valence-electron chi connectivity index (χ4n) is 2.24. The van der Waals surface area contributed by atoms with Crippen LogP contribution in [0, 0.1) is 0 Å². The second-order valence-electron chi connectivity index (χ2n) is 4.93. The van der Waals surface area contributed by atoms with Crippen LogP contribution in [0.25, 0.3) is 0 Å². The quantitative estimate of drug-likeness (QED) is 0.920. The molecule has 7 heteroatoms. The zero-order chi connectivity index (χ0) is 14.7. The molecule has 112 valence electrons. The van der Waals surface area contributed by atoms with Crippen molar-refractivity contribution in [1.29, 1.82) is 0 Å². The van der Waals surface area contributed by atoms with Crippen molar-refractivity contribution in [3.8, 4) is 0 Å². The number of carbonyl (C=O) groups is 1. The van der Waals surface area contributed by atoms with Crippen LogP contribution in [0.15, 0.2) is 6.07 Å². The van der Waals surface area contributed by atoms with Crippen LogP contribution in [0.1, 0.15) is 17.4 Å². The molecule has 0 aromatic carbocycles. The SMILES string of the molecule is CC(CNC(=O)c1cc(Cl)c(Cl)n1C)N1CCOCC1. The summed E-state index contributed by atoms with van der Waals surface area (Å²) in [5.74, 6) is -0.165. The highest BCUT2D eigenvalue weighted by Crippen LogP contribution is 2.24. The van der Waals surface area contributed by atoms with Gasteiger partial charge < -0.3 is 14.6 Å². The van der Waals surface area contributed by atoms with Gasteiger partial charge in [-0.15, -0.1) is 0 Å². The van der Waals surface area contributed by atoms with Crippen LogP contribution >= 0.6 is 23.2 Å². The standard InChI is InChI=1S/C13H19Cl2N3O2/c1-9(18-3-5-20-6-4-18)8-16-13(19)11-7-10(14)12(15)17(11)2/h7,9H,3-6,8H2,1-2H3,(H,16,19). The summed E-state index contributed by atoms with van der Waals surface area (Å²) in [6.45, 7) is 5.98. The van der Waals surface area contributed by atoms with E-state index in [0.29, 0.717) is 22.4 Å². The highest BCUT2D eigenvalue weighted by Gasteiger charge is 2.19. The lowest BCUT2D eigenvalue weighted by Gasteiger charge is -2.32. The average molecular weight is 320 g/mol. The van der Waals surface area contributed by atoms with E-state index in [-0.39, 0.29) is 11.9 Å². The molecule has 1 aromatic heterocycles. The Morgan fingerprint density at radius 3 is 2.65 bits per heavy atom. The summed E-state index contributed by atoms with van der Waals surface area (Å²) in [5.41, 5.74) is 0.467. The molecule has 1 fully saturated rings. The molecule has 1 aliphatic heterocycles. The van der Waals surface area contributed by atoms with E-state index in [9.17, 15) is 4.79 Å². The Balaban J connectivity index is 1.89. The second-order valence-corrected chi connectivity index (χ2v) is 5.70. The summed E-state index contributed by atoms with van der Waals surface area (Å²) in [5, 5.41) is 3.68. The van der Waals surface area contributed by atoms with Crippen LogP contribution in [0.5, 0.6) is 0 Å². The van der Waals surface area contributed by atoms with E-state index in [1.54, 1.807) is 17.7 Å². The van der Waals surface area contributed by atoms with Crippen LogP contribution in [-0.4, -0.2) is 54.3 Å². The largest absolute Gasteiger partial charge is 0.379 e. The molecule has 1 saturated heterocycles. The number of morpholine rings is 1. The number of hydrogen-bond acceptors (Lipinski definition) is 3. The number of rotatable bonds is 4. The molecule has 1 unspecified atom stereocenters. The van der Waals surface area contributed by atoms with Gasteiger partial charge in [0.05, 0.1) is 18.2 Å². The van der Waals surface area contributed by atoms with E-state index < -0.39 is 0 Å². The number of ether oxygens (including phenoxy) is 1. The molecule has 1 atom stereocenters. The summed E-state index contributed by atoms with van der Waals surface area (Å²) in [7, 11) is 1.72. The molecule has 1 aliphatic rings. The van der Waals surface area contributed by atoms with Crippen molar-refractivity contribution in [3.63, 3.8) is 0 Å². The first-order chi connectivity index (χ1) is 9.50. The smallest absolute Gasteiger partial charge is 0.268 e. The minimum atomic E-state index is -0.165. The molecule has 0 radical (unpaired) electrons. The molecular weight excluding hydrogens is 301 g/mol. The molecule has 1 aromatic rings. The molecular formula is C13H19Cl2N3O2. The van der Waals surface area contributed by atoms with Crippen LogP contribution in [0.2, 0.25) is 10.2 Å². The first kappa shape index (κ1) is 15.6. The predicted octanol–water partition coefficient (Wildman–Crippen LogP) is 1.78. The minimum absolute atomic E-state index is 0.165. The van der Waals surface area contributed by atoms with E-state index in [1.165, 1.54) is 0 Å². The molecule has 20 heavy (non-hydrogen) atoms. The Morgan fingerprint density at radius 2 is 2.10 bits per heavy atom. The van der Waals surface area contributed by atoms with Gasteiger partial charge in [-0.1, -0.05) is 23.2 Å². The van der Waals surface area contributed by atoms with Gasteiger partial charge in [0.15, 0.2) is 0 Å². The number of nitrogens with zero attached hydrogens (tertiary/aromatic N) is 2. The second kappa shape index (κ2) is 6.80. The van der Waals surface area contributed by atoms with Gasteiger partial charge in [-0.3, -0.25) is 9.69 Å². The minimum Gasteiger partial charge on any atom is -0.379 e. The lowest BCUT2D eigenvalue weighted by Crippen LogP contribution is -2.47. The Hall–Kier alpha value is -0.750. The average Bonchev–Trinajstić information content (AvgIpc) is 2.73. The summed E-state index contributed by atoms with van der Waals surface area (Å²) < 4.78 is 6.90. The van der Waals surface area contributed by atoms with Crippen molar-refractivity contribution < 1.29 is 9.53 Å². The highest BCUT2D eigenvalue weighted by atomic mass is 35.5. The highest BCUT2D eigenvalue weighted by molar-refractivity contribution is 6.41. The third-order valence-electron chi connectivity index (χ3n) is 3.58. The van der Waals surface area contributed by atoms with Crippen molar-refractivity contribution in [2.75, 3.05) is 32.8 Å². The van der Waals surface area contributed by atoms with E-state index >= 15 is 0 Å². The fourth-order valence-corrected chi connectivity index (χ4v) is 2.61. The normalized spacial score (nSPS) is 18.0. The molecule has 0 spiro atoms. The molecule has 1 N–H and O–H groups in total. The number of halogens is 2. The zero-order valence-electron chi connectivity index (χ0n) is 11.7. The maximum atomic E-state index is 12.1.